The topological polar surface area (TPSA) is 130 Å². The van der Waals surface area contributed by atoms with Gasteiger partial charge < -0.3 is 19.0 Å². The molecule has 0 N–H and O–H groups in total. The van der Waals surface area contributed by atoms with E-state index in [2.05, 4.69) is 20.5 Å². The van der Waals surface area contributed by atoms with Crippen molar-refractivity contribution in [3.05, 3.63) is 60.4 Å². The highest BCUT2D eigenvalue weighted by Crippen LogP contribution is 2.29. The smallest absolute Gasteiger partial charge is 0.414 e. The Bertz CT molecular complexity index is 1320. The normalized spacial score (nSPS) is 18.7. The summed E-state index contributed by atoms with van der Waals surface area (Å²) in [6.07, 6.45) is 4.01. The molecule has 1 aromatic carbocycles. The zero-order valence-corrected chi connectivity index (χ0v) is 20.5. The molecule has 0 spiro atoms. The number of rotatable bonds is 10. The summed E-state index contributed by atoms with van der Waals surface area (Å²) in [6, 6.07) is 8.03. The number of nitrogens with zero attached hydrogens (tertiary/aromatic N) is 6. The first-order chi connectivity index (χ1) is 18.5. The number of methoxy groups -OCH3 is 1. The number of halogens is 1. The van der Waals surface area contributed by atoms with Gasteiger partial charge in [0.05, 0.1) is 43.7 Å². The molecule has 1 amide bonds. The zero-order valence-electron chi connectivity index (χ0n) is 20.5. The molecule has 2 atom stereocenters. The standard InChI is InChI=1S/C25H25FN6O6/c1-35-9-6-24(33)36-15-18-11-23(29-38-18)22-5-2-16(12-27-22)20-4-3-17(10-21(20)26)32-14-19(37-25(32)34)13-31-8-7-28-30-31/h2-5,7-8,10,12,18-19H,6,9,11,13-15H2,1H3/t18-,19-/m0/s1. The zero-order chi connectivity index (χ0) is 26.5. The van der Waals surface area contributed by atoms with Gasteiger partial charge in [-0.1, -0.05) is 16.4 Å². The monoisotopic (exact) mass is 524 g/mol. The van der Waals surface area contributed by atoms with Crippen LogP contribution in [0.5, 0.6) is 0 Å². The number of cyclic esters (lactones) is 1. The molecule has 0 saturated carbocycles. The van der Waals surface area contributed by atoms with Gasteiger partial charge in [0, 0.05) is 37.1 Å². The minimum absolute atomic E-state index is 0.0803. The number of benzene rings is 1. The fraction of sp³-hybridized carbons (Fsp3) is 0.360. The number of ether oxygens (including phenoxy) is 3. The van der Waals surface area contributed by atoms with Gasteiger partial charge in [-0.15, -0.1) is 5.10 Å². The van der Waals surface area contributed by atoms with Crippen LogP contribution in [-0.4, -0.2) is 76.8 Å². The van der Waals surface area contributed by atoms with E-state index >= 15 is 4.39 Å². The summed E-state index contributed by atoms with van der Waals surface area (Å²) >= 11 is 0. The lowest BCUT2D eigenvalue weighted by Crippen LogP contribution is -2.26. The first-order valence-corrected chi connectivity index (χ1v) is 12.0. The molecular formula is C25H25FN6O6. The SMILES string of the molecule is COCCC(=O)OC[C@@H]1CC(c2ccc(-c3ccc(N4C[C@H](Cn5ccnn5)OC4=O)cc3F)cn2)=NO1. The number of carbonyl (C=O) groups excluding carboxylic acids is 2. The lowest BCUT2D eigenvalue weighted by atomic mass is 10.0. The summed E-state index contributed by atoms with van der Waals surface area (Å²) in [5, 5.41) is 11.7. The molecule has 2 aliphatic rings. The van der Waals surface area contributed by atoms with Gasteiger partial charge >= 0.3 is 12.1 Å². The van der Waals surface area contributed by atoms with Gasteiger partial charge in [-0.3, -0.25) is 14.7 Å². The van der Waals surface area contributed by atoms with E-state index in [9.17, 15) is 9.59 Å². The van der Waals surface area contributed by atoms with Crippen LogP contribution in [0.3, 0.4) is 0 Å². The van der Waals surface area contributed by atoms with Gasteiger partial charge in [0.1, 0.15) is 24.2 Å². The first-order valence-electron chi connectivity index (χ1n) is 12.0. The van der Waals surface area contributed by atoms with E-state index in [1.165, 1.54) is 18.1 Å². The lowest BCUT2D eigenvalue weighted by Gasteiger charge is -2.14. The summed E-state index contributed by atoms with van der Waals surface area (Å²) in [5.41, 5.74) is 2.49. The van der Waals surface area contributed by atoms with E-state index in [1.807, 2.05) is 0 Å². The second-order valence-electron chi connectivity index (χ2n) is 8.73. The van der Waals surface area contributed by atoms with Crippen molar-refractivity contribution in [3.8, 4) is 11.1 Å². The Kier molecular flexibility index (Phi) is 7.54. The van der Waals surface area contributed by atoms with E-state index in [-0.39, 0.29) is 25.5 Å². The van der Waals surface area contributed by atoms with Crippen molar-refractivity contribution in [2.45, 2.75) is 31.6 Å². The summed E-state index contributed by atoms with van der Waals surface area (Å²) in [5.74, 6) is -0.867. The average Bonchev–Trinajstić information content (AvgIpc) is 3.68. The molecule has 4 heterocycles. The maximum atomic E-state index is 15.1. The van der Waals surface area contributed by atoms with Crippen LogP contribution in [0.15, 0.2) is 54.1 Å². The first kappa shape index (κ1) is 25.3. The van der Waals surface area contributed by atoms with Crippen molar-refractivity contribution in [1.29, 1.82) is 0 Å². The molecule has 2 aromatic heterocycles. The second kappa shape index (κ2) is 11.3. The number of hydrogen-bond acceptors (Lipinski definition) is 10. The quantitative estimate of drug-likeness (QED) is 0.367. The van der Waals surface area contributed by atoms with Crippen LogP contribution in [0.2, 0.25) is 0 Å². The Morgan fingerprint density at radius 1 is 1.24 bits per heavy atom. The fourth-order valence-electron chi connectivity index (χ4n) is 4.11. The van der Waals surface area contributed by atoms with Crippen LogP contribution < -0.4 is 4.90 Å². The van der Waals surface area contributed by atoms with E-state index in [0.717, 1.165) is 0 Å². The van der Waals surface area contributed by atoms with Gasteiger partial charge in [-0.2, -0.15) is 0 Å². The van der Waals surface area contributed by atoms with Crippen LogP contribution in [0.25, 0.3) is 11.1 Å². The van der Waals surface area contributed by atoms with E-state index < -0.39 is 24.1 Å². The number of esters is 1. The van der Waals surface area contributed by atoms with Crippen LogP contribution >= 0.6 is 0 Å². The molecule has 5 rings (SSSR count). The van der Waals surface area contributed by atoms with Crippen LogP contribution in [-0.2, 0) is 30.4 Å². The predicted octanol–water partition coefficient (Wildman–Crippen LogP) is 2.58. The molecule has 13 heteroatoms. The summed E-state index contributed by atoms with van der Waals surface area (Å²) in [6.45, 7) is 1.00. The van der Waals surface area contributed by atoms with Crippen molar-refractivity contribution in [1.82, 2.24) is 20.0 Å². The molecule has 12 nitrogen and oxygen atoms in total. The number of aromatic nitrogens is 4. The summed E-state index contributed by atoms with van der Waals surface area (Å²) in [4.78, 5) is 35.1. The number of anilines is 1. The van der Waals surface area contributed by atoms with Crippen molar-refractivity contribution in [3.63, 3.8) is 0 Å². The Morgan fingerprint density at radius 2 is 2.13 bits per heavy atom. The molecule has 0 radical (unpaired) electrons. The Hall–Kier alpha value is -4.39. The van der Waals surface area contributed by atoms with Gasteiger partial charge in [0.15, 0.2) is 6.10 Å². The van der Waals surface area contributed by atoms with Crippen molar-refractivity contribution >= 4 is 23.5 Å². The van der Waals surface area contributed by atoms with Gasteiger partial charge in [0.25, 0.3) is 0 Å². The molecule has 0 unspecified atom stereocenters. The molecule has 38 heavy (non-hydrogen) atoms. The minimum atomic E-state index is -0.545. The lowest BCUT2D eigenvalue weighted by molar-refractivity contribution is -0.148. The van der Waals surface area contributed by atoms with Crippen LogP contribution in [0.4, 0.5) is 14.9 Å². The third-order valence-electron chi connectivity index (χ3n) is 6.04. The third-order valence-corrected chi connectivity index (χ3v) is 6.04. The highest BCUT2D eigenvalue weighted by Gasteiger charge is 2.33. The van der Waals surface area contributed by atoms with Crippen LogP contribution in [0.1, 0.15) is 18.5 Å². The predicted molar refractivity (Wildman–Crippen MR) is 131 cm³/mol. The third kappa shape index (κ3) is 5.78. The highest BCUT2D eigenvalue weighted by molar-refractivity contribution is 5.99. The number of amides is 1. The van der Waals surface area contributed by atoms with E-state index in [1.54, 1.807) is 47.5 Å². The summed E-state index contributed by atoms with van der Waals surface area (Å²) < 4.78 is 32.1. The molecule has 198 valence electrons. The van der Waals surface area contributed by atoms with Crippen molar-refractivity contribution in [2.75, 3.05) is 31.8 Å². The Morgan fingerprint density at radius 3 is 2.87 bits per heavy atom. The molecule has 2 aliphatic heterocycles. The molecule has 1 saturated heterocycles. The highest BCUT2D eigenvalue weighted by atomic mass is 19.1. The van der Waals surface area contributed by atoms with Gasteiger partial charge in [-0.25, -0.2) is 13.9 Å². The number of hydrogen-bond donors (Lipinski definition) is 0. The van der Waals surface area contributed by atoms with E-state index in [0.29, 0.717) is 47.8 Å². The average molecular weight is 525 g/mol. The Balaban J connectivity index is 1.18. The van der Waals surface area contributed by atoms with Crippen LogP contribution in [0, 0.1) is 5.82 Å². The van der Waals surface area contributed by atoms with E-state index in [4.69, 9.17) is 19.0 Å². The molecule has 1 fully saturated rings. The molecular weight excluding hydrogens is 499 g/mol. The van der Waals surface area contributed by atoms with Crippen molar-refractivity contribution < 1.29 is 33.0 Å². The summed E-state index contributed by atoms with van der Waals surface area (Å²) in [7, 11) is 1.51. The number of oxime groups is 1. The maximum Gasteiger partial charge on any atom is 0.414 e. The molecule has 3 aromatic rings. The van der Waals surface area contributed by atoms with Gasteiger partial charge in [0.2, 0.25) is 0 Å². The number of carbonyl (C=O) groups is 2. The maximum absolute atomic E-state index is 15.1. The Labute approximate surface area is 216 Å². The second-order valence-corrected chi connectivity index (χ2v) is 8.73. The van der Waals surface area contributed by atoms with Gasteiger partial charge in [-0.05, 0) is 24.3 Å². The fourth-order valence-corrected chi connectivity index (χ4v) is 4.11. The largest absolute Gasteiger partial charge is 0.462 e. The van der Waals surface area contributed by atoms with Crippen molar-refractivity contribution in [2.24, 2.45) is 5.16 Å². The molecule has 0 bridgehead atoms. The number of pyridine rings is 1. The minimum Gasteiger partial charge on any atom is -0.462 e. The molecule has 0 aliphatic carbocycles.